The zero-order valence-electron chi connectivity index (χ0n) is 9.61. The molecule has 0 aliphatic carbocycles. The number of imidazole rings is 1. The maximum atomic E-state index is 9.35. The van der Waals surface area contributed by atoms with Gasteiger partial charge in [-0.3, -0.25) is 0 Å². The number of aliphatic hydroxyl groups excluding tert-OH is 1. The van der Waals surface area contributed by atoms with Gasteiger partial charge in [-0.25, -0.2) is 4.98 Å². The summed E-state index contributed by atoms with van der Waals surface area (Å²) in [5, 5.41) is 12.7. The van der Waals surface area contributed by atoms with Crippen LogP contribution in [0.4, 0.5) is 0 Å². The second-order valence-corrected chi connectivity index (χ2v) is 4.20. The van der Waals surface area contributed by atoms with Crippen molar-refractivity contribution in [3.05, 3.63) is 18.7 Å². The third-order valence-corrected chi connectivity index (χ3v) is 2.63. The predicted molar refractivity (Wildman–Crippen MR) is 60.6 cm³/mol. The Hall–Kier alpha value is -0.870. The number of nitrogens with one attached hydrogen (secondary N) is 1. The first-order chi connectivity index (χ1) is 7.20. The number of aryl methyl sites for hydroxylation is 1. The summed E-state index contributed by atoms with van der Waals surface area (Å²) in [5.74, 6) is 0. The van der Waals surface area contributed by atoms with Gasteiger partial charge in [0.05, 0.1) is 12.9 Å². The molecule has 0 aromatic carbocycles. The maximum absolute atomic E-state index is 9.35. The Balaban J connectivity index is 2.38. The van der Waals surface area contributed by atoms with E-state index in [0.29, 0.717) is 0 Å². The number of aliphatic hydroxyl groups is 1. The van der Waals surface area contributed by atoms with E-state index in [0.717, 1.165) is 25.9 Å². The van der Waals surface area contributed by atoms with Crippen LogP contribution in [0.5, 0.6) is 0 Å². The van der Waals surface area contributed by atoms with Gasteiger partial charge in [0, 0.05) is 24.5 Å². The van der Waals surface area contributed by atoms with Gasteiger partial charge in [-0.15, -0.1) is 0 Å². The van der Waals surface area contributed by atoms with Gasteiger partial charge in [0.25, 0.3) is 0 Å². The molecular formula is C11H21N3O. The summed E-state index contributed by atoms with van der Waals surface area (Å²) in [5.41, 5.74) is -0.180. The third-order valence-electron chi connectivity index (χ3n) is 2.63. The molecule has 0 spiro atoms. The maximum Gasteiger partial charge on any atom is 0.0945 e. The largest absolute Gasteiger partial charge is 0.394 e. The van der Waals surface area contributed by atoms with Crippen LogP contribution in [0, 0.1) is 0 Å². The van der Waals surface area contributed by atoms with Crippen LogP contribution in [-0.2, 0) is 6.54 Å². The van der Waals surface area contributed by atoms with Gasteiger partial charge < -0.3 is 15.0 Å². The number of aromatic nitrogens is 2. The molecule has 0 saturated carbocycles. The molecule has 15 heavy (non-hydrogen) atoms. The lowest BCUT2D eigenvalue weighted by atomic mass is 9.99. The molecular weight excluding hydrogens is 190 g/mol. The minimum atomic E-state index is -0.180. The van der Waals surface area contributed by atoms with Crippen LogP contribution in [0.3, 0.4) is 0 Å². The fourth-order valence-corrected chi connectivity index (χ4v) is 1.44. The molecule has 4 nitrogen and oxygen atoms in total. The van der Waals surface area contributed by atoms with Crippen LogP contribution in [0.25, 0.3) is 0 Å². The Morgan fingerprint density at radius 3 is 2.87 bits per heavy atom. The number of hydrogen-bond acceptors (Lipinski definition) is 3. The molecule has 0 aliphatic heterocycles. The fourth-order valence-electron chi connectivity index (χ4n) is 1.44. The zero-order valence-corrected chi connectivity index (χ0v) is 9.61. The zero-order chi connectivity index (χ0) is 11.1. The van der Waals surface area contributed by atoms with Crippen molar-refractivity contribution >= 4 is 0 Å². The van der Waals surface area contributed by atoms with Gasteiger partial charge in [-0.2, -0.15) is 0 Å². The number of rotatable bonds is 7. The summed E-state index contributed by atoms with van der Waals surface area (Å²) in [6.07, 6.45) is 7.51. The molecule has 1 rings (SSSR count). The summed E-state index contributed by atoms with van der Waals surface area (Å²) < 4.78 is 2.03. The number of hydrogen-bond donors (Lipinski definition) is 2. The smallest absolute Gasteiger partial charge is 0.0945 e. The van der Waals surface area contributed by atoms with Crippen LogP contribution >= 0.6 is 0 Å². The van der Waals surface area contributed by atoms with Crippen LogP contribution in [0.1, 0.15) is 26.7 Å². The molecule has 1 aromatic rings. The molecule has 0 radical (unpaired) electrons. The summed E-state index contributed by atoms with van der Waals surface area (Å²) in [4.78, 5) is 3.99. The molecule has 1 unspecified atom stereocenters. The van der Waals surface area contributed by atoms with Crippen molar-refractivity contribution in [3.8, 4) is 0 Å². The van der Waals surface area contributed by atoms with Crippen molar-refractivity contribution in [3.63, 3.8) is 0 Å². The van der Waals surface area contributed by atoms with Crippen molar-refractivity contribution in [1.82, 2.24) is 14.9 Å². The van der Waals surface area contributed by atoms with Gasteiger partial charge in [0.15, 0.2) is 0 Å². The van der Waals surface area contributed by atoms with E-state index in [1.54, 1.807) is 12.5 Å². The highest BCUT2D eigenvalue weighted by Gasteiger charge is 2.21. The third kappa shape index (κ3) is 4.01. The van der Waals surface area contributed by atoms with E-state index in [9.17, 15) is 5.11 Å². The molecule has 1 atom stereocenters. The van der Waals surface area contributed by atoms with E-state index in [4.69, 9.17) is 0 Å². The first-order valence-electron chi connectivity index (χ1n) is 5.52. The summed E-state index contributed by atoms with van der Waals surface area (Å²) in [6.45, 7) is 6.18. The van der Waals surface area contributed by atoms with Crippen molar-refractivity contribution < 1.29 is 5.11 Å². The Morgan fingerprint density at radius 1 is 1.53 bits per heavy atom. The van der Waals surface area contributed by atoms with Gasteiger partial charge >= 0.3 is 0 Å². The van der Waals surface area contributed by atoms with Crippen molar-refractivity contribution in [2.45, 2.75) is 38.8 Å². The molecule has 0 fully saturated rings. The molecule has 0 amide bonds. The average Bonchev–Trinajstić information content (AvgIpc) is 2.76. The van der Waals surface area contributed by atoms with Gasteiger partial charge in [0.2, 0.25) is 0 Å². The van der Waals surface area contributed by atoms with Crippen LogP contribution in [0.2, 0.25) is 0 Å². The van der Waals surface area contributed by atoms with Crippen LogP contribution in [0.15, 0.2) is 18.7 Å². The monoisotopic (exact) mass is 211 g/mol. The summed E-state index contributed by atoms with van der Waals surface area (Å²) >= 11 is 0. The van der Waals surface area contributed by atoms with E-state index >= 15 is 0 Å². The molecule has 4 heteroatoms. The highest BCUT2D eigenvalue weighted by Crippen LogP contribution is 2.10. The molecule has 1 aromatic heterocycles. The Kier molecular flexibility index (Phi) is 4.78. The first kappa shape index (κ1) is 12.2. The lowest BCUT2D eigenvalue weighted by Crippen LogP contribution is -2.46. The van der Waals surface area contributed by atoms with Gasteiger partial charge in [-0.1, -0.05) is 6.92 Å². The molecule has 0 bridgehead atoms. The van der Waals surface area contributed by atoms with Gasteiger partial charge in [-0.05, 0) is 26.3 Å². The molecule has 0 saturated heterocycles. The topological polar surface area (TPSA) is 50.1 Å². The van der Waals surface area contributed by atoms with E-state index in [1.165, 1.54) is 0 Å². The second-order valence-electron chi connectivity index (χ2n) is 4.20. The summed E-state index contributed by atoms with van der Waals surface area (Å²) in [6, 6.07) is 0. The first-order valence-corrected chi connectivity index (χ1v) is 5.52. The van der Waals surface area contributed by atoms with E-state index < -0.39 is 0 Å². The Bertz CT molecular complexity index is 261. The summed E-state index contributed by atoms with van der Waals surface area (Å²) in [7, 11) is 0. The second kappa shape index (κ2) is 5.88. The van der Waals surface area contributed by atoms with E-state index in [2.05, 4.69) is 24.1 Å². The van der Waals surface area contributed by atoms with Crippen LogP contribution in [-0.4, -0.2) is 33.3 Å². The van der Waals surface area contributed by atoms with E-state index in [1.807, 2.05) is 10.8 Å². The Morgan fingerprint density at radius 2 is 2.33 bits per heavy atom. The van der Waals surface area contributed by atoms with Crippen molar-refractivity contribution in [2.75, 3.05) is 13.2 Å². The van der Waals surface area contributed by atoms with Crippen molar-refractivity contribution in [2.24, 2.45) is 0 Å². The van der Waals surface area contributed by atoms with Crippen molar-refractivity contribution in [1.29, 1.82) is 0 Å². The lowest BCUT2D eigenvalue weighted by Gasteiger charge is -2.28. The molecule has 1 heterocycles. The number of nitrogens with zero attached hydrogens (tertiary/aromatic N) is 2. The highest BCUT2D eigenvalue weighted by atomic mass is 16.3. The molecule has 0 aliphatic rings. The fraction of sp³-hybridized carbons (Fsp3) is 0.727. The minimum Gasteiger partial charge on any atom is -0.394 e. The average molecular weight is 211 g/mol. The van der Waals surface area contributed by atoms with E-state index in [-0.39, 0.29) is 12.1 Å². The standard InChI is InChI=1S/C11H21N3O/c1-3-5-13-11(2,9-15)4-7-14-8-6-12-10-14/h6,8,10,13,15H,3-5,7,9H2,1-2H3. The van der Waals surface area contributed by atoms with Gasteiger partial charge in [0.1, 0.15) is 0 Å². The molecule has 86 valence electrons. The molecule has 2 N–H and O–H groups in total. The van der Waals surface area contributed by atoms with Crippen LogP contribution < -0.4 is 5.32 Å². The normalized spacial score (nSPS) is 15.1. The minimum absolute atomic E-state index is 0.168. The highest BCUT2D eigenvalue weighted by molar-refractivity contribution is 4.83. The quantitative estimate of drug-likeness (QED) is 0.708. The SMILES string of the molecule is CCCNC(C)(CO)CCn1ccnc1. The predicted octanol–water partition coefficient (Wildman–Crippen LogP) is 1.02. The Labute approximate surface area is 91.3 Å². The lowest BCUT2D eigenvalue weighted by molar-refractivity contribution is 0.161.